The first-order valence-electron chi connectivity index (χ1n) is 11.8. The van der Waals surface area contributed by atoms with E-state index in [0.717, 1.165) is 0 Å². The van der Waals surface area contributed by atoms with E-state index in [1.807, 2.05) is 0 Å². The van der Waals surface area contributed by atoms with Gasteiger partial charge in [0.05, 0.1) is 54.9 Å². The van der Waals surface area contributed by atoms with E-state index >= 15 is 0 Å². The molecule has 3 aromatic rings. The number of aromatic nitrogens is 3. The third-order valence-corrected chi connectivity index (χ3v) is 6.47. The number of halogens is 1. The lowest BCUT2D eigenvalue weighted by molar-refractivity contribution is -0.127. The molecule has 4 rings (SSSR count). The lowest BCUT2D eigenvalue weighted by Crippen LogP contribution is -2.37. The highest BCUT2D eigenvalue weighted by Crippen LogP contribution is 2.35. The smallest absolute Gasteiger partial charge is 0.246 e. The first kappa shape index (κ1) is 26.6. The van der Waals surface area contributed by atoms with E-state index < -0.39 is 5.82 Å². The molecule has 1 aliphatic heterocycles. The van der Waals surface area contributed by atoms with Gasteiger partial charge in [0.2, 0.25) is 5.91 Å². The second-order valence-electron chi connectivity index (χ2n) is 8.76. The summed E-state index contributed by atoms with van der Waals surface area (Å²) in [6, 6.07) is 2.32. The Balaban J connectivity index is 1.90. The molecule has 3 heterocycles. The zero-order chi connectivity index (χ0) is 27.6. The number of hydrogen-bond donors (Lipinski definition) is 1. The number of anilines is 1. The van der Waals surface area contributed by atoms with Crippen LogP contribution in [0.5, 0.6) is 11.5 Å². The number of carbonyl (C=O) groups excluding carboxylic acids is 2. The number of fused-ring (bicyclic) bond motifs is 1. The van der Waals surface area contributed by atoms with E-state index in [9.17, 15) is 14.0 Å². The fourth-order valence-electron chi connectivity index (χ4n) is 4.67. The maximum Gasteiger partial charge on any atom is 0.246 e. The van der Waals surface area contributed by atoms with Gasteiger partial charge in [0.15, 0.2) is 17.3 Å². The van der Waals surface area contributed by atoms with Gasteiger partial charge in [-0.2, -0.15) is 5.10 Å². The summed E-state index contributed by atoms with van der Waals surface area (Å²) in [6.07, 6.45) is 3.16. The molecule has 0 bridgehead atoms. The maximum absolute atomic E-state index is 14.9. The van der Waals surface area contributed by atoms with Gasteiger partial charge < -0.3 is 24.8 Å². The van der Waals surface area contributed by atoms with Crippen molar-refractivity contribution in [3.05, 3.63) is 53.6 Å². The Morgan fingerprint density at radius 1 is 1.26 bits per heavy atom. The van der Waals surface area contributed by atoms with Gasteiger partial charge in [-0.3, -0.25) is 14.3 Å². The van der Waals surface area contributed by atoms with Crippen molar-refractivity contribution >= 4 is 28.4 Å². The Labute approximate surface area is 219 Å². The Morgan fingerprint density at radius 2 is 2.03 bits per heavy atom. The molecule has 198 valence electrons. The van der Waals surface area contributed by atoms with Crippen LogP contribution >= 0.6 is 0 Å². The minimum absolute atomic E-state index is 0.0220. The van der Waals surface area contributed by atoms with Crippen molar-refractivity contribution in [2.75, 3.05) is 40.2 Å². The van der Waals surface area contributed by atoms with E-state index in [1.54, 1.807) is 16.7 Å². The van der Waals surface area contributed by atoms with Crippen molar-refractivity contribution in [2.45, 2.75) is 25.4 Å². The molecule has 1 fully saturated rings. The number of likely N-dealkylation sites (tertiary alicyclic amines) is 1. The zero-order valence-corrected chi connectivity index (χ0v) is 21.6. The monoisotopic (exact) mass is 521 g/mol. The third-order valence-electron chi connectivity index (χ3n) is 6.47. The quantitative estimate of drug-likeness (QED) is 0.286. The summed E-state index contributed by atoms with van der Waals surface area (Å²) >= 11 is 0. The van der Waals surface area contributed by atoms with Crippen LogP contribution in [0.25, 0.3) is 10.9 Å². The van der Waals surface area contributed by atoms with Gasteiger partial charge in [-0.25, -0.2) is 9.37 Å². The molecule has 1 aliphatic rings. The van der Waals surface area contributed by atoms with Gasteiger partial charge in [-0.1, -0.05) is 12.5 Å². The van der Waals surface area contributed by atoms with Crippen LogP contribution in [0.15, 0.2) is 31.0 Å². The molecular formula is C27H28FN5O5. The standard InChI is InChI=1S/C27H28FN5O5/c1-6-23(35)32-13-17(10-18(32)14-36-3)33-26-20(15(2)34)12-30-27(29)24(26)21(31-33)8-7-16-9-19(37-4)11-22(38-5)25(16)28/h6,9,11-12,17-18H,1,10,13-14H2,2-5H3,(H2,29,30)/t17-,18+/m0/s1. The van der Waals surface area contributed by atoms with Gasteiger partial charge in [0.25, 0.3) is 0 Å². The van der Waals surface area contributed by atoms with Crippen LogP contribution in [-0.4, -0.2) is 71.9 Å². The van der Waals surface area contributed by atoms with Gasteiger partial charge in [0.1, 0.15) is 17.3 Å². The normalized spacial score (nSPS) is 16.7. The molecule has 11 heteroatoms. The molecule has 0 saturated carbocycles. The number of nitrogen functional groups attached to an aromatic ring is 1. The molecule has 0 aliphatic carbocycles. The number of benzene rings is 1. The minimum Gasteiger partial charge on any atom is -0.497 e. The number of ketones is 1. The summed E-state index contributed by atoms with van der Waals surface area (Å²) in [6.45, 7) is 5.65. The van der Waals surface area contributed by atoms with Crippen LogP contribution < -0.4 is 15.2 Å². The molecule has 2 N–H and O–H groups in total. The fourth-order valence-corrected chi connectivity index (χ4v) is 4.67. The van der Waals surface area contributed by atoms with Crippen molar-refractivity contribution in [2.24, 2.45) is 0 Å². The Hall–Kier alpha value is -4.43. The molecule has 1 amide bonds. The molecular weight excluding hydrogens is 493 g/mol. The van der Waals surface area contributed by atoms with Gasteiger partial charge in [-0.15, -0.1) is 0 Å². The summed E-state index contributed by atoms with van der Waals surface area (Å²) in [5, 5.41) is 5.07. The number of nitrogens with two attached hydrogens (primary N) is 1. The number of ether oxygens (including phenoxy) is 3. The van der Waals surface area contributed by atoms with Crippen LogP contribution in [0.3, 0.4) is 0 Å². The van der Waals surface area contributed by atoms with E-state index in [2.05, 4.69) is 23.4 Å². The number of rotatable bonds is 7. The lowest BCUT2D eigenvalue weighted by Gasteiger charge is -2.22. The molecule has 10 nitrogen and oxygen atoms in total. The average molecular weight is 522 g/mol. The van der Waals surface area contributed by atoms with Crippen LogP contribution in [0.2, 0.25) is 0 Å². The van der Waals surface area contributed by atoms with E-state index in [0.29, 0.717) is 41.8 Å². The predicted octanol–water partition coefficient (Wildman–Crippen LogP) is 2.75. The van der Waals surface area contributed by atoms with Gasteiger partial charge in [-0.05, 0) is 31.4 Å². The predicted molar refractivity (Wildman–Crippen MR) is 139 cm³/mol. The number of Topliss-reactive ketones (excluding diaryl/α,β-unsaturated/α-hetero) is 1. The van der Waals surface area contributed by atoms with Crippen LogP contribution in [0, 0.1) is 17.7 Å². The third kappa shape index (κ3) is 4.78. The van der Waals surface area contributed by atoms with Crippen LogP contribution in [0.1, 0.15) is 41.0 Å². The molecule has 0 spiro atoms. The van der Waals surface area contributed by atoms with E-state index in [4.69, 9.17) is 25.0 Å². The number of hydrogen-bond acceptors (Lipinski definition) is 8. The number of methoxy groups -OCH3 is 3. The topological polar surface area (TPSA) is 122 Å². The summed E-state index contributed by atoms with van der Waals surface area (Å²) in [5.41, 5.74) is 7.25. The van der Waals surface area contributed by atoms with Crippen molar-refractivity contribution in [3.8, 4) is 23.3 Å². The highest BCUT2D eigenvalue weighted by atomic mass is 19.1. The van der Waals surface area contributed by atoms with E-state index in [-0.39, 0.29) is 46.6 Å². The summed E-state index contributed by atoms with van der Waals surface area (Å²) in [5.74, 6) is 5.02. The molecule has 1 aromatic carbocycles. The first-order valence-corrected chi connectivity index (χ1v) is 11.8. The highest BCUT2D eigenvalue weighted by Gasteiger charge is 2.37. The second-order valence-corrected chi connectivity index (χ2v) is 8.76. The number of pyridine rings is 1. The Bertz CT molecular complexity index is 1490. The van der Waals surface area contributed by atoms with Crippen LogP contribution in [-0.2, 0) is 9.53 Å². The Kier molecular flexibility index (Phi) is 7.64. The molecule has 2 atom stereocenters. The SMILES string of the molecule is C=CC(=O)N1C[C@@H](n2nc(C#Cc3cc(OC)cc(OC)c3F)c3c(N)ncc(C(C)=O)c32)C[C@@H]1COC. The van der Waals surface area contributed by atoms with Gasteiger partial charge >= 0.3 is 0 Å². The molecule has 1 saturated heterocycles. The van der Waals surface area contributed by atoms with Crippen molar-refractivity contribution < 1.29 is 28.2 Å². The van der Waals surface area contributed by atoms with Crippen LogP contribution in [0.4, 0.5) is 10.2 Å². The number of carbonyl (C=O) groups is 2. The van der Waals surface area contributed by atoms with Crippen molar-refractivity contribution in [1.29, 1.82) is 0 Å². The Morgan fingerprint density at radius 3 is 2.66 bits per heavy atom. The first-order chi connectivity index (χ1) is 18.2. The zero-order valence-electron chi connectivity index (χ0n) is 21.6. The van der Waals surface area contributed by atoms with Gasteiger partial charge in [0, 0.05) is 25.9 Å². The second kappa shape index (κ2) is 10.9. The lowest BCUT2D eigenvalue weighted by atomic mass is 10.1. The summed E-state index contributed by atoms with van der Waals surface area (Å²) in [4.78, 5) is 30.9. The fraction of sp³-hybridized carbons (Fsp3) is 0.333. The van der Waals surface area contributed by atoms with Crippen molar-refractivity contribution in [1.82, 2.24) is 19.7 Å². The average Bonchev–Trinajstić information content (AvgIpc) is 3.50. The maximum atomic E-state index is 14.9. The largest absolute Gasteiger partial charge is 0.497 e. The van der Waals surface area contributed by atoms with Crippen molar-refractivity contribution in [3.63, 3.8) is 0 Å². The molecule has 0 unspecified atom stereocenters. The highest BCUT2D eigenvalue weighted by molar-refractivity contribution is 6.09. The molecule has 0 radical (unpaired) electrons. The number of nitrogens with zero attached hydrogens (tertiary/aromatic N) is 4. The number of amides is 1. The minimum atomic E-state index is -0.656. The van der Waals surface area contributed by atoms with E-state index in [1.165, 1.54) is 45.5 Å². The molecule has 2 aromatic heterocycles. The molecule has 38 heavy (non-hydrogen) atoms. The summed E-state index contributed by atoms with van der Waals surface area (Å²) < 4.78 is 32.2. The summed E-state index contributed by atoms with van der Waals surface area (Å²) in [7, 11) is 4.36.